The Kier molecular flexibility index (Phi) is 7.89. The minimum absolute atomic E-state index is 0.304. The molecule has 0 aromatic heterocycles. The molecule has 0 bridgehead atoms. The van der Waals surface area contributed by atoms with Gasteiger partial charge in [0.05, 0.1) is 0 Å². The van der Waals surface area contributed by atoms with Crippen molar-refractivity contribution in [2.45, 2.75) is 44.6 Å². The fourth-order valence-corrected chi connectivity index (χ4v) is 2.12. The first-order valence-corrected chi connectivity index (χ1v) is 7.51. The van der Waals surface area contributed by atoms with Gasteiger partial charge in [-0.25, -0.2) is 4.39 Å². The second kappa shape index (κ2) is 9.71. The number of hydrogen-bond acceptors (Lipinski definition) is 2. The van der Waals surface area contributed by atoms with Gasteiger partial charge >= 0.3 is 0 Å². The van der Waals surface area contributed by atoms with Gasteiger partial charge in [0.2, 0.25) is 5.91 Å². The zero-order valence-corrected chi connectivity index (χ0v) is 12.7. The fourth-order valence-electron chi connectivity index (χ4n) is 2.12. The standard InChI is InChI=1S/C17H23FN2O2/c1-2-3-4-5-6-7-8-15(16(19)21)20-17(22)13-9-11-14(18)12-10-13/h2,9-12,15H,1,3-8H2,(H2,19,21)(H,20,22)/t15-/m1/s1. The number of carbonyl (C=O) groups excluding carboxylic acids is 2. The summed E-state index contributed by atoms with van der Waals surface area (Å²) in [7, 11) is 0. The predicted molar refractivity (Wildman–Crippen MR) is 84.7 cm³/mol. The van der Waals surface area contributed by atoms with Crippen molar-refractivity contribution in [3.63, 3.8) is 0 Å². The summed E-state index contributed by atoms with van der Waals surface area (Å²) in [6, 6.07) is 4.45. The van der Waals surface area contributed by atoms with Crippen LogP contribution in [0.25, 0.3) is 0 Å². The maximum atomic E-state index is 12.8. The van der Waals surface area contributed by atoms with Gasteiger partial charge in [0.25, 0.3) is 5.91 Å². The van der Waals surface area contributed by atoms with Crippen LogP contribution in [-0.2, 0) is 4.79 Å². The van der Waals surface area contributed by atoms with Crippen LogP contribution >= 0.6 is 0 Å². The molecule has 0 heterocycles. The number of rotatable bonds is 10. The van der Waals surface area contributed by atoms with Gasteiger partial charge in [-0.05, 0) is 43.5 Å². The van der Waals surface area contributed by atoms with Crippen LogP contribution in [0.5, 0.6) is 0 Å². The highest BCUT2D eigenvalue weighted by Gasteiger charge is 2.18. The average Bonchev–Trinajstić information content (AvgIpc) is 2.49. The molecule has 5 heteroatoms. The van der Waals surface area contributed by atoms with Gasteiger partial charge in [0.1, 0.15) is 11.9 Å². The molecule has 0 aliphatic carbocycles. The van der Waals surface area contributed by atoms with Crippen LogP contribution in [0.15, 0.2) is 36.9 Å². The predicted octanol–water partition coefficient (Wildman–Crippen LogP) is 2.94. The molecule has 0 aliphatic heterocycles. The second-order valence-electron chi connectivity index (χ2n) is 5.22. The van der Waals surface area contributed by atoms with Crippen LogP contribution in [0.2, 0.25) is 0 Å². The van der Waals surface area contributed by atoms with E-state index in [-0.39, 0.29) is 0 Å². The first kappa shape index (κ1) is 17.9. The Morgan fingerprint density at radius 1 is 1.18 bits per heavy atom. The molecule has 0 aliphatic rings. The molecular formula is C17H23FN2O2. The quantitative estimate of drug-likeness (QED) is 0.515. The minimum Gasteiger partial charge on any atom is -0.368 e. The lowest BCUT2D eigenvalue weighted by molar-refractivity contribution is -0.120. The first-order valence-electron chi connectivity index (χ1n) is 7.51. The molecule has 0 saturated carbocycles. The zero-order chi connectivity index (χ0) is 16.4. The van der Waals surface area contributed by atoms with Gasteiger partial charge in [-0.2, -0.15) is 0 Å². The maximum Gasteiger partial charge on any atom is 0.251 e. The number of halogens is 1. The van der Waals surface area contributed by atoms with Crippen LogP contribution in [-0.4, -0.2) is 17.9 Å². The van der Waals surface area contributed by atoms with E-state index < -0.39 is 23.7 Å². The molecule has 0 spiro atoms. The molecular weight excluding hydrogens is 283 g/mol. The Labute approximate surface area is 130 Å². The summed E-state index contributed by atoms with van der Waals surface area (Å²) in [5, 5.41) is 2.60. The lowest BCUT2D eigenvalue weighted by Crippen LogP contribution is -2.44. The third-order valence-electron chi connectivity index (χ3n) is 3.41. The van der Waals surface area contributed by atoms with E-state index in [1.165, 1.54) is 24.3 Å². The van der Waals surface area contributed by atoms with Gasteiger partial charge in [-0.3, -0.25) is 9.59 Å². The Morgan fingerprint density at radius 2 is 1.82 bits per heavy atom. The molecule has 1 aromatic rings. The number of amides is 2. The van der Waals surface area contributed by atoms with Crippen molar-refractivity contribution < 1.29 is 14.0 Å². The van der Waals surface area contributed by atoms with Crippen molar-refractivity contribution in [3.05, 3.63) is 48.3 Å². The number of unbranched alkanes of at least 4 members (excludes halogenated alkanes) is 4. The molecule has 1 aromatic carbocycles. The third kappa shape index (κ3) is 6.52. The van der Waals surface area contributed by atoms with Crippen LogP contribution < -0.4 is 11.1 Å². The highest BCUT2D eigenvalue weighted by Crippen LogP contribution is 2.09. The number of hydrogen-bond donors (Lipinski definition) is 2. The monoisotopic (exact) mass is 306 g/mol. The molecule has 3 N–H and O–H groups in total. The summed E-state index contributed by atoms with van der Waals surface area (Å²) in [5.41, 5.74) is 5.63. The largest absolute Gasteiger partial charge is 0.368 e. The molecule has 4 nitrogen and oxygen atoms in total. The SMILES string of the molecule is C=CCCCCCC[C@@H](NC(=O)c1ccc(F)cc1)C(N)=O. The summed E-state index contributed by atoms with van der Waals surface area (Å²) < 4.78 is 12.8. The summed E-state index contributed by atoms with van der Waals surface area (Å²) in [6.07, 6.45) is 7.31. The first-order chi connectivity index (χ1) is 10.5. The van der Waals surface area contributed by atoms with Gasteiger partial charge in [-0.1, -0.05) is 25.3 Å². The number of carbonyl (C=O) groups is 2. The van der Waals surface area contributed by atoms with Crippen LogP contribution in [0.3, 0.4) is 0 Å². The van der Waals surface area contributed by atoms with E-state index in [0.717, 1.165) is 32.1 Å². The van der Waals surface area contributed by atoms with Crippen molar-refractivity contribution >= 4 is 11.8 Å². The van der Waals surface area contributed by atoms with Gasteiger partial charge in [0.15, 0.2) is 0 Å². The van der Waals surface area contributed by atoms with E-state index in [9.17, 15) is 14.0 Å². The van der Waals surface area contributed by atoms with E-state index >= 15 is 0 Å². The summed E-state index contributed by atoms with van der Waals surface area (Å²) in [4.78, 5) is 23.4. The third-order valence-corrected chi connectivity index (χ3v) is 3.41. The summed E-state index contributed by atoms with van der Waals surface area (Å²) in [6.45, 7) is 3.66. The molecule has 0 fully saturated rings. The Morgan fingerprint density at radius 3 is 2.41 bits per heavy atom. The molecule has 1 atom stereocenters. The Bertz CT molecular complexity index is 500. The zero-order valence-electron chi connectivity index (χ0n) is 12.7. The van der Waals surface area contributed by atoms with Gasteiger partial charge in [-0.15, -0.1) is 6.58 Å². The molecule has 1 rings (SSSR count). The summed E-state index contributed by atoms with van der Waals surface area (Å²) >= 11 is 0. The minimum atomic E-state index is -0.697. The molecule has 0 unspecified atom stereocenters. The second-order valence-corrected chi connectivity index (χ2v) is 5.22. The molecule has 0 radical (unpaired) electrons. The van der Waals surface area contributed by atoms with E-state index in [0.29, 0.717) is 12.0 Å². The fraction of sp³-hybridized carbons (Fsp3) is 0.412. The van der Waals surface area contributed by atoms with Crippen LogP contribution in [0.4, 0.5) is 4.39 Å². The number of primary amides is 1. The highest BCUT2D eigenvalue weighted by atomic mass is 19.1. The van der Waals surface area contributed by atoms with Crippen molar-refractivity contribution in [2.75, 3.05) is 0 Å². The number of nitrogens with two attached hydrogens (primary N) is 1. The summed E-state index contributed by atoms with van der Waals surface area (Å²) in [5.74, 6) is -1.39. The van der Waals surface area contributed by atoms with Gasteiger partial charge < -0.3 is 11.1 Å². The lowest BCUT2D eigenvalue weighted by Gasteiger charge is -2.15. The Balaban J connectivity index is 2.43. The van der Waals surface area contributed by atoms with Gasteiger partial charge in [0, 0.05) is 5.56 Å². The smallest absolute Gasteiger partial charge is 0.251 e. The average molecular weight is 306 g/mol. The lowest BCUT2D eigenvalue weighted by atomic mass is 10.1. The van der Waals surface area contributed by atoms with Crippen molar-refractivity contribution in [1.29, 1.82) is 0 Å². The number of nitrogens with one attached hydrogen (secondary N) is 1. The van der Waals surface area contributed by atoms with E-state index in [1.54, 1.807) is 0 Å². The van der Waals surface area contributed by atoms with Crippen molar-refractivity contribution in [2.24, 2.45) is 5.73 Å². The topological polar surface area (TPSA) is 72.2 Å². The Hall–Kier alpha value is -2.17. The molecule has 2 amide bonds. The molecule has 22 heavy (non-hydrogen) atoms. The maximum absolute atomic E-state index is 12.8. The van der Waals surface area contributed by atoms with Crippen molar-refractivity contribution in [1.82, 2.24) is 5.32 Å². The number of benzene rings is 1. The van der Waals surface area contributed by atoms with Crippen molar-refractivity contribution in [3.8, 4) is 0 Å². The van der Waals surface area contributed by atoms with Crippen LogP contribution in [0.1, 0.15) is 48.9 Å². The highest BCUT2D eigenvalue weighted by molar-refractivity contribution is 5.97. The van der Waals surface area contributed by atoms with Crippen LogP contribution in [0, 0.1) is 5.82 Å². The molecule has 120 valence electrons. The van der Waals surface area contributed by atoms with E-state index in [1.807, 2.05) is 6.08 Å². The normalized spacial score (nSPS) is 11.7. The van der Waals surface area contributed by atoms with E-state index in [2.05, 4.69) is 11.9 Å². The van der Waals surface area contributed by atoms with E-state index in [4.69, 9.17) is 5.73 Å². The number of allylic oxidation sites excluding steroid dienone is 1. The molecule has 0 saturated heterocycles.